The molecule has 2 aromatic carbocycles. The third-order valence-electron chi connectivity index (χ3n) is 3.44. The highest BCUT2D eigenvalue weighted by molar-refractivity contribution is 6.12. The topological polar surface area (TPSA) is 162 Å². The number of hydrogen-bond donors (Lipinski definition) is 5. The summed E-state index contributed by atoms with van der Waals surface area (Å²) in [5.41, 5.74) is 3.34. The number of nitrogens with two attached hydrogens (primary N) is 1. The molecule has 0 aliphatic rings. The Morgan fingerprint density at radius 2 is 1.39 bits per heavy atom. The molecule has 0 saturated carbocycles. The van der Waals surface area contributed by atoms with Gasteiger partial charge in [-0.05, 0) is 24.3 Å². The number of aromatic hydroxyl groups is 2. The number of hydrogen-bond acceptors (Lipinski definition) is 7. The fourth-order valence-corrected chi connectivity index (χ4v) is 2.08. The van der Waals surface area contributed by atoms with Crippen molar-refractivity contribution in [2.75, 3.05) is 0 Å². The number of imide groups is 1. The van der Waals surface area contributed by atoms with Crippen LogP contribution >= 0.6 is 0 Å². The largest absolute Gasteiger partial charge is 0.507 e. The second-order valence-electron chi connectivity index (χ2n) is 5.30. The van der Waals surface area contributed by atoms with Crippen molar-refractivity contribution in [1.82, 2.24) is 15.9 Å². The molecule has 4 amide bonds. The van der Waals surface area contributed by atoms with E-state index in [1.54, 1.807) is 5.43 Å². The molecule has 0 radical (unpaired) electrons. The first-order valence-electron chi connectivity index (χ1n) is 7.79. The summed E-state index contributed by atoms with van der Waals surface area (Å²) in [5, 5.41) is 19.9. The van der Waals surface area contributed by atoms with Crippen LogP contribution in [0.3, 0.4) is 0 Å². The average Bonchev–Trinajstić information content (AvgIpc) is 2.70. The van der Waals surface area contributed by atoms with Crippen LogP contribution < -0.4 is 16.7 Å². The van der Waals surface area contributed by atoms with E-state index in [1.807, 2.05) is 0 Å². The average molecular weight is 384 g/mol. The first kappa shape index (κ1) is 20.1. The SMILES string of the molecule is NNC(=O)/C=C/C(=O)N(NC(=O)c1ccccc1O)C(=O)c1ccccc1O. The number of phenols is 2. The number of amides is 4. The smallest absolute Gasteiger partial charge is 0.283 e. The highest BCUT2D eigenvalue weighted by atomic mass is 16.3. The molecule has 0 aliphatic heterocycles. The molecule has 0 fully saturated rings. The minimum absolute atomic E-state index is 0.200. The summed E-state index contributed by atoms with van der Waals surface area (Å²) in [6.07, 6.45) is 1.45. The molecule has 0 bridgehead atoms. The molecule has 0 atom stereocenters. The van der Waals surface area contributed by atoms with Crippen LogP contribution in [0.15, 0.2) is 60.7 Å². The quantitative estimate of drug-likeness (QED) is 0.214. The molecular weight excluding hydrogens is 368 g/mol. The Balaban J connectivity index is 2.37. The van der Waals surface area contributed by atoms with E-state index < -0.39 is 29.4 Å². The van der Waals surface area contributed by atoms with Gasteiger partial charge < -0.3 is 10.2 Å². The summed E-state index contributed by atoms with van der Waals surface area (Å²) < 4.78 is 0. The van der Waals surface area contributed by atoms with Gasteiger partial charge >= 0.3 is 0 Å². The van der Waals surface area contributed by atoms with Gasteiger partial charge in [0.1, 0.15) is 11.5 Å². The van der Waals surface area contributed by atoms with Crippen molar-refractivity contribution in [2.45, 2.75) is 0 Å². The van der Waals surface area contributed by atoms with E-state index in [4.69, 9.17) is 5.84 Å². The predicted octanol–water partition coefficient (Wildman–Crippen LogP) is -0.0423. The van der Waals surface area contributed by atoms with Gasteiger partial charge in [-0.3, -0.25) is 30.0 Å². The molecule has 0 heterocycles. The van der Waals surface area contributed by atoms with Crippen LogP contribution in [0.25, 0.3) is 0 Å². The number of nitrogens with one attached hydrogen (secondary N) is 2. The number of carbonyl (C=O) groups is 4. The zero-order valence-electron chi connectivity index (χ0n) is 14.3. The van der Waals surface area contributed by atoms with Crippen molar-refractivity contribution in [3.8, 4) is 11.5 Å². The zero-order chi connectivity index (χ0) is 20.7. The molecule has 0 aromatic heterocycles. The molecule has 10 nitrogen and oxygen atoms in total. The number of hydrazine groups is 2. The van der Waals surface area contributed by atoms with E-state index >= 15 is 0 Å². The Bertz CT molecular complexity index is 957. The number of para-hydroxylation sites is 2. The van der Waals surface area contributed by atoms with Crippen LogP contribution in [0.4, 0.5) is 0 Å². The van der Waals surface area contributed by atoms with Crippen molar-refractivity contribution in [1.29, 1.82) is 0 Å². The lowest BCUT2D eigenvalue weighted by atomic mass is 10.1. The van der Waals surface area contributed by atoms with Gasteiger partial charge in [-0.1, -0.05) is 24.3 Å². The number of rotatable bonds is 4. The molecule has 0 aliphatic carbocycles. The normalized spacial score (nSPS) is 10.3. The molecular formula is C18H16N4O6. The van der Waals surface area contributed by atoms with Crippen LogP contribution in [0.5, 0.6) is 11.5 Å². The van der Waals surface area contributed by atoms with Crippen LogP contribution in [-0.4, -0.2) is 38.9 Å². The molecule has 6 N–H and O–H groups in total. The lowest BCUT2D eigenvalue weighted by Gasteiger charge is -2.20. The minimum atomic E-state index is -1.10. The Labute approximate surface area is 158 Å². The Kier molecular flexibility index (Phi) is 6.44. The van der Waals surface area contributed by atoms with Crippen molar-refractivity contribution in [3.63, 3.8) is 0 Å². The molecule has 10 heteroatoms. The summed E-state index contributed by atoms with van der Waals surface area (Å²) in [4.78, 5) is 48.6. The Morgan fingerprint density at radius 1 is 0.857 bits per heavy atom. The Morgan fingerprint density at radius 3 is 1.93 bits per heavy atom. The number of phenolic OH excluding ortho intramolecular Hbond substituents is 2. The summed E-state index contributed by atoms with van der Waals surface area (Å²) in [6, 6.07) is 10.8. The van der Waals surface area contributed by atoms with Gasteiger partial charge in [0, 0.05) is 12.2 Å². The fourth-order valence-electron chi connectivity index (χ4n) is 2.08. The Hall–Kier alpha value is -4.18. The molecule has 144 valence electrons. The van der Waals surface area contributed by atoms with Crippen molar-refractivity contribution in [2.24, 2.45) is 5.84 Å². The van der Waals surface area contributed by atoms with Gasteiger partial charge in [0.2, 0.25) is 0 Å². The van der Waals surface area contributed by atoms with E-state index in [0.29, 0.717) is 11.1 Å². The summed E-state index contributed by atoms with van der Waals surface area (Å²) in [5.74, 6) is 0.154. The minimum Gasteiger partial charge on any atom is -0.507 e. The van der Waals surface area contributed by atoms with Gasteiger partial charge in [0.25, 0.3) is 23.6 Å². The first-order valence-corrected chi connectivity index (χ1v) is 7.79. The highest BCUT2D eigenvalue weighted by Crippen LogP contribution is 2.19. The van der Waals surface area contributed by atoms with Crippen molar-refractivity contribution >= 4 is 23.6 Å². The maximum Gasteiger partial charge on any atom is 0.283 e. The first-order chi connectivity index (χ1) is 13.3. The summed E-state index contributed by atoms with van der Waals surface area (Å²) in [6.45, 7) is 0. The lowest BCUT2D eigenvalue weighted by molar-refractivity contribution is -0.126. The van der Waals surface area contributed by atoms with E-state index in [1.165, 1.54) is 48.5 Å². The van der Waals surface area contributed by atoms with Gasteiger partial charge in [-0.2, -0.15) is 5.01 Å². The maximum atomic E-state index is 12.7. The second kappa shape index (κ2) is 8.96. The second-order valence-corrected chi connectivity index (χ2v) is 5.30. The summed E-state index contributed by atoms with van der Waals surface area (Å²) >= 11 is 0. The number of carbonyl (C=O) groups excluding carboxylic acids is 4. The van der Waals surface area contributed by atoms with Gasteiger partial charge in [0.05, 0.1) is 11.1 Å². The lowest BCUT2D eigenvalue weighted by Crippen LogP contribution is -2.49. The predicted molar refractivity (Wildman–Crippen MR) is 96.3 cm³/mol. The van der Waals surface area contributed by atoms with Crippen LogP contribution in [0.2, 0.25) is 0 Å². The monoisotopic (exact) mass is 384 g/mol. The van der Waals surface area contributed by atoms with Crippen LogP contribution in [-0.2, 0) is 9.59 Å². The van der Waals surface area contributed by atoms with E-state index in [9.17, 15) is 29.4 Å². The maximum absolute atomic E-state index is 12.7. The highest BCUT2D eigenvalue weighted by Gasteiger charge is 2.26. The number of benzene rings is 2. The summed E-state index contributed by atoms with van der Waals surface area (Å²) in [7, 11) is 0. The molecule has 0 spiro atoms. The van der Waals surface area contributed by atoms with Gasteiger partial charge in [-0.15, -0.1) is 0 Å². The molecule has 2 aromatic rings. The van der Waals surface area contributed by atoms with E-state index in [-0.39, 0.29) is 16.9 Å². The van der Waals surface area contributed by atoms with Gasteiger partial charge in [-0.25, -0.2) is 5.84 Å². The zero-order valence-corrected chi connectivity index (χ0v) is 14.3. The third kappa shape index (κ3) is 4.71. The molecule has 0 unspecified atom stereocenters. The molecule has 2 rings (SSSR count). The van der Waals surface area contributed by atoms with Crippen molar-refractivity contribution in [3.05, 3.63) is 71.8 Å². The van der Waals surface area contributed by atoms with Gasteiger partial charge in [0.15, 0.2) is 0 Å². The number of nitrogens with zero attached hydrogens (tertiary/aromatic N) is 1. The molecule has 0 saturated heterocycles. The van der Waals surface area contributed by atoms with E-state index in [2.05, 4.69) is 5.43 Å². The van der Waals surface area contributed by atoms with E-state index in [0.717, 1.165) is 6.08 Å². The standard InChI is InChI=1S/C18H16N4O6/c19-20-15(25)9-10-16(26)22(18(28)12-6-2-4-8-14(12)24)21-17(27)11-5-1-3-7-13(11)23/h1-10,23-24H,19H2,(H,20,25)(H,21,27)/b10-9+. The van der Waals surface area contributed by atoms with Crippen molar-refractivity contribution < 1.29 is 29.4 Å². The molecule has 28 heavy (non-hydrogen) atoms. The van der Waals surface area contributed by atoms with Crippen LogP contribution in [0.1, 0.15) is 20.7 Å². The fraction of sp³-hybridized carbons (Fsp3) is 0. The third-order valence-corrected chi connectivity index (χ3v) is 3.44. The van der Waals surface area contributed by atoms with Crippen LogP contribution in [0, 0.1) is 0 Å².